The zero-order valence-electron chi connectivity index (χ0n) is 15.3. The van der Waals surface area contributed by atoms with Crippen LogP contribution in [-0.4, -0.2) is 56.7 Å². The Morgan fingerprint density at radius 2 is 2.00 bits per heavy atom. The van der Waals surface area contributed by atoms with E-state index in [0.717, 1.165) is 42.0 Å². The zero-order chi connectivity index (χ0) is 18.1. The third kappa shape index (κ3) is 6.26. The summed E-state index contributed by atoms with van der Waals surface area (Å²) in [5, 5.41) is 4.51. The number of rotatable bonds is 8. The highest BCUT2D eigenvalue weighted by Gasteiger charge is 2.06. The summed E-state index contributed by atoms with van der Waals surface area (Å²) in [5.74, 6) is 2.51. The van der Waals surface area contributed by atoms with E-state index < -0.39 is 0 Å². The lowest BCUT2D eigenvalue weighted by atomic mass is 10.3. The topological polar surface area (TPSA) is 59.0 Å². The molecule has 0 atom stereocenters. The zero-order valence-corrected chi connectivity index (χ0v) is 16.1. The van der Waals surface area contributed by atoms with Crippen molar-refractivity contribution in [1.29, 1.82) is 0 Å². The molecule has 0 unspecified atom stereocenters. The largest absolute Gasteiger partial charge is 0.497 e. The lowest BCUT2D eigenvalue weighted by Crippen LogP contribution is -2.41. The van der Waals surface area contributed by atoms with Crippen molar-refractivity contribution >= 4 is 17.3 Å². The number of nitrogens with zero attached hydrogens (tertiary/aromatic N) is 3. The highest BCUT2D eigenvalue weighted by molar-refractivity contribution is 7.11. The van der Waals surface area contributed by atoms with Gasteiger partial charge in [-0.2, -0.15) is 0 Å². The summed E-state index contributed by atoms with van der Waals surface area (Å²) in [6.07, 6.45) is 2.81. The molecule has 0 radical (unpaired) electrons. The third-order valence-electron chi connectivity index (χ3n) is 3.62. The van der Waals surface area contributed by atoms with Crippen molar-refractivity contribution in [2.24, 2.45) is 4.99 Å². The maximum Gasteiger partial charge on any atom is 0.193 e. The highest BCUT2D eigenvalue weighted by atomic mass is 32.1. The molecule has 0 amide bonds. The smallest absolute Gasteiger partial charge is 0.193 e. The predicted octanol–water partition coefficient (Wildman–Crippen LogP) is 2.59. The van der Waals surface area contributed by atoms with E-state index in [-0.39, 0.29) is 0 Å². The lowest BCUT2D eigenvalue weighted by Gasteiger charge is -2.22. The van der Waals surface area contributed by atoms with Crippen molar-refractivity contribution in [2.45, 2.75) is 13.3 Å². The number of thiazole rings is 1. The molecule has 136 valence electrons. The molecule has 2 rings (SSSR count). The third-order valence-corrected chi connectivity index (χ3v) is 4.59. The second-order valence-corrected chi connectivity index (χ2v) is 6.85. The van der Waals surface area contributed by atoms with Gasteiger partial charge < -0.3 is 19.7 Å². The molecule has 0 bridgehead atoms. The molecule has 0 aliphatic rings. The molecule has 1 aromatic heterocycles. The Morgan fingerprint density at radius 3 is 2.60 bits per heavy atom. The predicted molar refractivity (Wildman–Crippen MR) is 103 cm³/mol. The second-order valence-electron chi connectivity index (χ2n) is 5.53. The summed E-state index contributed by atoms with van der Waals surface area (Å²) in [6, 6.07) is 7.59. The van der Waals surface area contributed by atoms with Crippen LogP contribution in [0.25, 0.3) is 0 Å². The van der Waals surface area contributed by atoms with Crippen LogP contribution in [0, 0.1) is 6.92 Å². The van der Waals surface area contributed by atoms with Crippen LogP contribution in [0.15, 0.2) is 35.5 Å². The van der Waals surface area contributed by atoms with Crippen molar-refractivity contribution in [3.05, 3.63) is 40.3 Å². The maximum atomic E-state index is 5.76. The van der Waals surface area contributed by atoms with Gasteiger partial charge in [0.2, 0.25) is 0 Å². The van der Waals surface area contributed by atoms with Gasteiger partial charge in [0.1, 0.15) is 18.1 Å². The van der Waals surface area contributed by atoms with Gasteiger partial charge in [0.05, 0.1) is 18.7 Å². The molecule has 0 saturated carbocycles. The van der Waals surface area contributed by atoms with Crippen LogP contribution < -0.4 is 14.8 Å². The van der Waals surface area contributed by atoms with Crippen LogP contribution in [0.5, 0.6) is 11.5 Å². The molecule has 7 heteroatoms. The molecule has 0 saturated heterocycles. The van der Waals surface area contributed by atoms with E-state index in [2.05, 4.69) is 27.1 Å². The summed E-state index contributed by atoms with van der Waals surface area (Å²) in [4.78, 5) is 12.0. The number of aryl methyl sites for hydroxylation is 1. The number of hydrogen-bond acceptors (Lipinski definition) is 5. The Labute approximate surface area is 153 Å². The molecule has 2 aromatic rings. The number of hydrogen-bond donors (Lipinski definition) is 1. The number of ether oxygens (including phenoxy) is 2. The summed E-state index contributed by atoms with van der Waals surface area (Å²) in [6.45, 7) is 4.20. The summed E-state index contributed by atoms with van der Waals surface area (Å²) < 4.78 is 10.9. The van der Waals surface area contributed by atoms with Gasteiger partial charge >= 0.3 is 0 Å². The summed E-state index contributed by atoms with van der Waals surface area (Å²) in [7, 11) is 5.44. The molecule has 1 N–H and O–H groups in total. The molecule has 1 heterocycles. The van der Waals surface area contributed by atoms with Gasteiger partial charge in [-0.1, -0.05) is 0 Å². The molecule has 6 nitrogen and oxygen atoms in total. The van der Waals surface area contributed by atoms with Gasteiger partial charge in [-0.05, 0) is 31.2 Å². The minimum Gasteiger partial charge on any atom is -0.497 e. The quantitative estimate of drug-likeness (QED) is 0.578. The fourth-order valence-corrected chi connectivity index (χ4v) is 3.05. The number of benzene rings is 1. The monoisotopic (exact) mass is 362 g/mol. The number of methoxy groups -OCH3 is 1. The summed E-state index contributed by atoms with van der Waals surface area (Å²) >= 11 is 1.74. The van der Waals surface area contributed by atoms with Crippen molar-refractivity contribution in [1.82, 2.24) is 15.2 Å². The van der Waals surface area contributed by atoms with Crippen molar-refractivity contribution < 1.29 is 9.47 Å². The first-order chi connectivity index (χ1) is 12.1. The molecule has 0 aliphatic heterocycles. The molecule has 0 spiro atoms. The van der Waals surface area contributed by atoms with E-state index >= 15 is 0 Å². The van der Waals surface area contributed by atoms with E-state index in [9.17, 15) is 0 Å². The van der Waals surface area contributed by atoms with Gasteiger partial charge in [0.25, 0.3) is 0 Å². The first-order valence-corrected chi connectivity index (χ1v) is 9.04. The number of aromatic nitrogens is 1. The average molecular weight is 362 g/mol. The van der Waals surface area contributed by atoms with Gasteiger partial charge in [-0.3, -0.25) is 4.99 Å². The van der Waals surface area contributed by atoms with E-state index in [1.807, 2.05) is 37.5 Å². The fourth-order valence-electron chi connectivity index (χ4n) is 2.26. The van der Waals surface area contributed by atoms with Gasteiger partial charge in [0.15, 0.2) is 5.96 Å². The van der Waals surface area contributed by atoms with Crippen LogP contribution in [0.2, 0.25) is 0 Å². The number of likely N-dealkylation sites (N-methyl/N-ethyl adjacent to an activating group) is 1. The number of guanidine groups is 1. The van der Waals surface area contributed by atoms with Crippen LogP contribution in [0.4, 0.5) is 0 Å². The Kier molecular flexibility index (Phi) is 7.53. The maximum absolute atomic E-state index is 5.76. The number of nitrogens with one attached hydrogen (secondary N) is 1. The first kappa shape index (κ1) is 19.1. The standard InChI is InChI=1S/C18H26N4O2S/c1-14-13-21-17(25-14)9-10-20-18(19-2)22(3)11-12-24-16-7-5-15(23-4)6-8-16/h5-8,13H,9-12H2,1-4H3,(H,19,20). The molecule has 1 aromatic carbocycles. The molecule has 25 heavy (non-hydrogen) atoms. The highest BCUT2D eigenvalue weighted by Crippen LogP contribution is 2.16. The molecule has 0 fully saturated rings. The van der Waals surface area contributed by atoms with E-state index in [1.165, 1.54) is 4.88 Å². The second kappa shape index (κ2) is 9.88. The van der Waals surface area contributed by atoms with Crippen LogP contribution in [0.3, 0.4) is 0 Å². The van der Waals surface area contributed by atoms with E-state index in [0.29, 0.717) is 6.61 Å². The number of aliphatic imine (C=N–C) groups is 1. The van der Waals surface area contributed by atoms with E-state index in [4.69, 9.17) is 9.47 Å². The van der Waals surface area contributed by atoms with E-state index in [1.54, 1.807) is 25.5 Å². The van der Waals surface area contributed by atoms with Crippen LogP contribution >= 0.6 is 11.3 Å². The van der Waals surface area contributed by atoms with Gasteiger partial charge in [0, 0.05) is 38.1 Å². The Balaban J connectivity index is 1.70. The van der Waals surface area contributed by atoms with Crippen LogP contribution in [0.1, 0.15) is 9.88 Å². The minimum absolute atomic E-state index is 0.579. The molecular weight excluding hydrogens is 336 g/mol. The Hall–Kier alpha value is -2.28. The van der Waals surface area contributed by atoms with Crippen LogP contribution in [-0.2, 0) is 6.42 Å². The Bertz CT molecular complexity index is 670. The Morgan fingerprint density at radius 1 is 1.28 bits per heavy atom. The average Bonchev–Trinajstić information content (AvgIpc) is 3.04. The normalized spacial score (nSPS) is 11.3. The molecule has 0 aliphatic carbocycles. The van der Waals surface area contributed by atoms with Gasteiger partial charge in [-0.25, -0.2) is 4.98 Å². The fraction of sp³-hybridized carbons (Fsp3) is 0.444. The first-order valence-electron chi connectivity index (χ1n) is 8.22. The minimum atomic E-state index is 0.579. The molecular formula is C18H26N4O2S. The van der Waals surface area contributed by atoms with Crippen molar-refractivity contribution in [2.75, 3.05) is 40.9 Å². The van der Waals surface area contributed by atoms with Crippen molar-refractivity contribution in [3.8, 4) is 11.5 Å². The van der Waals surface area contributed by atoms with Gasteiger partial charge in [-0.15, -0.1) is 11.3 Å². The summed E-state index contributed by atoms with van der Waals surface area (Å²) in [5.41, 5.74) is 0. The SMILES string of the molecule is CN=C(NCCc1ncc(C)s1)N(C)CCOc1ccc(OC)cc1. The van der Waals surface area contributed by atoms with Crippen molar-refractivity contribution in [3.63, 3.8) is 0 Å². The lowest BCUT2D eigenvalue weighted by molar-refractivity contribution is 0.281.